The van der Waals surface area contributed by atoms with Crippen LogP contribution < -0.4 is 5.32 Å². The Bertz CT molecular complexity index is 578. The van der Waals surface area contributed by atoms with E-state index in [-0.39, 0.29) is 5.91 Å². The Labute approximate surface area is 124 Å². The molecule has 0 saturated heterocycles. The normalized spacial score (nSPS) is 10.3. The maximum atomic E-state index is 11.9. The molecule has 2 aromatic rings. The number of rotatable bonds is 5. The number of hydrogen-bond acceptors (Lipinski definition) is 2. The number of carbonyl (C=O) groups excluding carboxylic acids is 1. The van der Waals surface area contributed by atoms with E-state index in [4.69, 9.17) is 0 Å². The largest absolute Gasteiger partial charge is 0.351 e. The maximum absolute atomic E-state index is 11.9. The van der Waals surface area contributed by atoms with Gasteiger partial charge in [-0.2, -0.15) is 0 Å². The van der Waals surface area contributed by atoms with Crippen LogP contribution >= 0.6 is 11.8 Å². The monoisotopic (exact) mass is 285 g/mol. The van der Waals surface area contributed by atoms with Crippen molar-refractivity contribution in [1.82, 2.24) is 5.32 Å². The van der Waals surface area contributed by atoms with Crippen molar-refractivity contribution in [2.75, 3.05) is 12.3 Å². The van der Waals surface area contributed by atoms with Crippen LogP contribution in [0.3, 0.4) is 0 Å². The van der Waals surface area contributed by atoms with Crippen LogP contribution in [0.5, 0.6) is 0 Å². The minimum atomic E-state index is -0.00166. The summed E-state index contributed by atoms with van der Waals surface area (Å²) in [5, 5.41) is 2.95. The second-order valence-electron chi connectivity index (χ2n) is 4.79. The third-order valence-electron chi connectivity index (χ3n) is 2.96. The van der Waals surface area contributed by atoms with E-state index in [1.165, 1.54) is 10.5 Å². The summed E-state index contributed by atoms with van der Waals surface area (Å²) in [7, 11) is 0. The standard InChI is InChI=1S/C17H19NOS/c1-13-6-8-16(9-7-13)20-11-10-18-17(19)15-5-3-4-14(2)12-15/h3-9,12H,10-11H2,1-2H3,(H,18,19). The van der Waals surface area contributed by atoms with Crippen molar-refractivity contribution in [3.05, 3.63) is 65.2 Å². The van der Waals surface area contributed by atoms with E-state index in [0.717, 1.165) is 16.9 Å². The number of aryl methyl sites for hydroxylation is 2. The first-order valence-electron chi connectivity index (χ1n) is 6.69. The van der Waals surface area contributed by atoms with Crippen molar-refractivity contribution in [2.24, 2.45) is 0 Å². The molecule has 0 unspecified atom stereocenters. The van der Waals surface area contributed by atoms with Crippen molar-refractivity contribution < 1.29 is 4.79 Å². The highest BCUT2D eigenvalue weighted by atomic mass is 32.2. The fraction of sp³-hybridized carbons (Fsp3) is 0.235. The van der Waals surface area contributed by atoms with Crippen LogP contribution in [0.25, 0.3) is 0 Å². The molecule has 3 heteroatoms. The Hall–Kier alpha value is -1.74. The molecule has 2 aromatic carbocycles. The van der Waals surface area contributed by atoms with E-state index < -0.39 is 0 Å². The van der Waals surface area contributed by atoms with Crippen LogP contribution in [0.15, 0.2) is 53.4 Å². The van der Waals surface area contributed by atoms with Gasteiger partial charge in [0.25, 0.3) is 5.91 Å². The van der Waals surface area contributed by atoms with E-state index in [9.17, 15) is 4.79 Å². The molecule has 20 heavy (non-hydrogen) atoms. The molecule has 0 aliphatic carbocycles. The van der Waals surface area contributed by atoms with Gasteiger partial charge in [-0.3, -0.25) is 4.79 Å². The lowest BCUT2D eigenvalue weighted by Crippen LogP contribution is -2.25. The number of amides is 1. The van der Waals surface area contributed by atoms with Crippen molar-refractivity contribution >= 4 is 17.7 Å². The number of nitrogens with one attached hydrogen (secondary N) is 1. The van der Waals surface area contributed by atoms with Crippen molar-refractivity contribution in [3.63, 3.8) is 0 Å². The Balaban J connectivity index is 1.76. The van der Waals surface area contributed by atoms with Gasteiger partial charge in [0.15, 0.2) is 0 Å². The fourth-order valence-electron chi connectivity index (χ4n) is 1.86. The highest BCUT2D eigenvalue weighted by molar-refractivity contribution is 7.99. The van der Waals surface area contributed by atoms with Crippen molar-refractivity contribution in [1.29, 1.82) is 0 Å². The van der Waals surface area contributed by atoms with Crippen molar-refractivity contribution in [3.8, 4) is 0 Å². The van der Waals surface area contributed by atoms with Gasteiger partial charge in [-0.15, -0.1) is 11.8 Å². The number of carbonyl (C=O) groups is 1. The highest BCUT2D eigenvalue weighted by Gasteiger charge is 2.04. The smallest absolute Gasteiger partial charge is 0.251 e. The summed E-state index contributed by atoms with van der Waals surface area (Å²) in [6.45, 7) is 4.74. The molecule has 0 atom stereocenters. The van der Waals surface area contributed by atoms with Crippen LogP contribution in [0.2, 0.25) is 0 Å². The molecular formula is C17H19NOS. The minimum Gasteiger partial charge on any atom is -0.351 e. The van der Waals surface area contributed by atoms with Crippen LogP contribution in [0, 0.1) is 13.8 Å². The zero-order valence-electron chi connectivity index (χ0n) is 11.8. The molecule has 0 heterocycles. The molecule has 104 valence electrons. The first-order valence-corrected chi connectivity index (χ1v) is 7.68. The molecule has 1 N–H and O–H groups in total. The Morgan fingerprint density at radius 2 is 1.80 bits per heavy atom. The average Bonchev–Trinajstić information content (AvgIpc) is 2.45. The number of benzene rings is 2. The summed E-state index contributed by atoms with van der Waals surface area (Å²) in [5.41, 5.74) is 3.10. The molecule has 0 saturated carbocycles. The predicted octanol–water partition coefficient (Wildman–Crippen LogP) is 3.83. The zero-order valence-corrected chi connectivity index (χ0v) is 12.7. The van der Waals surface area contributed by atoms with Gasteiger partial charge in [-0.1, -0.05) is 35.4 Å². The number of hydrogen-bond donors (Lipinski definition) is 1. The average molecular weight is 285 g/mol. The van der Waals surface area contributed by atoms with E-state index in [1.54, 1.807) is 11.8 Å². The Morgan fingerprint density at radius 1 is 1.05 bits per heavy atom. The molecule has 0 aliphatic heterocycles. The fourth-order valence-corrected chi connectivity index (χ4v) is 2.62. The van der Waals surface area contributed by atoms with Gasteiger partial charge < -0.3 is 5.32 Å². The SMILES string of the molecule is Cc1ccc(SCCNC(=O)c2cccc(C)c2)cc1. The van der Waals surface area contributed by atoms with Crippen LogP contribution in [-0.2, 0) is 0 Å². The lowest BCUT2D eigenvalue weighted by molar-refractivity contribution is 0.0956. The zero-order chi connectivity index (χ0) is 14.4. The Morgan fingerprint density at radius 3 is 2.50 bits per heavy atom. The third kappa shape index (κ3) is 4.42. The first kappa shape index (κ1) is 14.7. The summed E-state index contributed by atoms with van der Waals surface area (Å²) in [6.07, 6.45) is 0. The molecule has 0 fully saturated rings. The van der Waals surface area contributed by atoms with Gasteiger partial charge in [0.2, 0.25) is 0 Å². The van der Waals surface area contributed by atoms with Gasteiger partial charge in [-0.05, 0) is 38.1 Å². The summed E-state index contributed by atoms with van der Waals surface area (Å²) in [6, 6.07) is 16.1. The summed E-state index contributed by atoms with van der Waals surface area (Å²) >= 11 is 1.75. The summed E-state index contributed by atoms with van der Waals surface area (Å²) in [4.78, 5) is 13.2. The maximum Gasteiger partial charge on any atom is 0.251 e. The summed E-state index contributed by atoms with van der Waals surface area (Å²) < 4.78 is 0. The quantitative estimate of drug-likeness (QED) is 0.668. The molecule has 2 rings (SSSR count). The second kappa shape index (κ2) is 7.15. The predicted molar refractivity (Wildman–Crippen MR) is 85.4 cm³/mol. The molecule has 0 radical (unpaired) electrons. The second-order valence-corrected chi connectivity index (χ2v) is 5.96. The van der Waals surface area contributed by atoms with Gasteiger partial charge in [-0.25, -0.2) is 0 Å². The molecular weight excluding hydrogens is 266 g/mol. The molecule has 0 spiro atoms. The molecule has 0 aliphatic rings. The van der Waals surface area contributed by atoms with Gasteiger partial charge in [0.1, 0.15) is 0 Å². The molecule has 0 aromatic heterocycles. The molecule has 0 bridgehead atoms. The third-order valence-corrected chi connectivity index (χ3v) is 3.97. The highest BCUT2D eigenvalue weighted by Crippen LogP contribution is 2.17. The topological polar surface area (TPSA) is 29.1 Å². The number of thioether (sulfide) groups is 1. The van der Waals surface area contributed by atoms with E-state index in [2.05, 4.69) is 36.5 Å². The van der Waals surface area contributed by atoms with Gasteiger partial charge in [0.05, 0.1) is 0 Å². The van der Waals surface area contributed by atoms with Crippen LogP contribution in [0.4, 0.5) is 0 Å². The van der Waals surface area contributed by atoms with E-state index in [1.807, 2.05) is 31.2 Å². The van der Waals surface area contributed by atoms with Crippen molar-refractivity contribution in [2.45, 2.75) is 18.7 Å². The lowest BCUT2D eigenvalue weighted by atomic mass is 10.1. The lowest BCUT2D eigenvalue weighted by Gasteiger charge is -2.06. The van der Waals surface area contributed by atoms with Gasteiger partial charge >= 0.3 is 0 Å². The summed E-state index contributed by atoms with van der Waals surface area (Å²) in [5.74, 6) is 0.874. The van der Waals surface area contributed by atoms with Crippen LogP contribution in [-0.4, -0.2) is 18.2 Å². The van der Waals surface area contributed by atoms with E-state index >= 15 is 0 Å². The molecule has 2 nitrogen and oxygen atoms in total. The van der Waals surface area contributed by atoms with E-state index in [0.29, 0.717) is 6.54 Å². The minimum absolute atomic E-state index is 0.00166. The Kier molecular flexibility index (Phi) is 5.24. The molecule has 1 amide bonds. The first-order chi connectivity index (χ1) is 9.65. The van der Waals surface area contributed by atoms with Crippen LogP contribution in [0.1, 0.15) is 21.5 Å². The van der Waals surface area contributed by atoms with Gasteiger partial charge in [0, 0.05) is 22.8 Å².